The summed E-state index contributed by atoms with van der Waals surface area (Å²) in [5.74, 6) is 1.22. The van der Waals surface area contributed by atoms with E-state index in [0.29, 0.717) is 29.7 Å². The Bertz CT molecular complexity index is 613. The molecule has 4 nitrogen and oxygen atoms in total. The van der Waals surface area contributed by atoms with Gasteiger partial charge in [0.1, 0.15) is 24.7 Å². The van der Waals surface area contributed by atoms with Crippen LogP contribution in [0.5, 0.6) is 11.5 Å². The van der Waals surface area contributed by atoms with Crippen molar-refractivity contribution in [2.75, 3.05) is 19.8 Å². The highest BCUT2D eigenvalue weighted by Gasteiger charge is 2.11. The van der Waals surface area contributed by atoms with Gasteiger partial charge < -0.3 is 14.3 Å². The molecule has 7 heteroatoms. The predicted octanol–water partition coefficient (Wildman–Crippen LogP) is 6.29. The van der Waals surface area contributed by atoms with Crippen molar-refractivity contribution >= 4 is 28.9 Å². The zero-order valence-corrected chi connectivity index (χ0v) is 17.0. The van der Waals surface area contributed by atoms with Crippen molar-refractivity contribution in [3.05, 3.63) is 34.1 Å². The smallest absolute Gasteiger partial charge is 0.188 e. The summed E-state index contributed by atoms with van der Waals surface area (Å²) in [5.41, 5.74) is 1.85. The SMILES string of the molecule is CCc1cc(OC/C=C(\F)Cl)cc(Cl)c1OCCCCCON=C(C)C. The maximum absolute atomic E-state index is 12.5. The Morgan fingerprint density at radius 1 is 1.15 bits per heavy atom. The molecule has 26 heavy (non-hydrogen) atoms. The van der Waals surface area contributed by atoms with E-state index in [2.05, 4.69) is 5.16 Å². The van der Waals surface area contributed by atoms with Gasteiger partial charge in [0.2, 0.25) is 0 Å². The van der Waals surface area contributed by atoms with Gasteiger partial charge in [-0.05, 0) is 51.2 Å². The average molecular weight is 406 g/mol. The van der Waals surface area contributed by atoms with Gasteiger partial charge in [0.15, 0.2) is 5.29 Å². The highest BCUT2D eigenvalue weighted by atomic mass is 35.5. The molecular weight excluding hydrogens is 380 g/mol. The van der Waals surface area contributed by atoms with Gasteiger partial charge in [-0.25, -0.2) is 0 Å². The molecule has 0 atom stereocenters. The molecule has 0 N–H and O–H groups in total. The maximum Gasteiger partial charge on any atom is 0.188 e. The number of nitrogens with zero attached hydrogens (tertiary/aromatic N) is 1. The number of rotatable bonds is 12. The van der Waals surface area contributed by atoms with E-state index in [4.69, 9.17) is 37.5 Å². The zero-order chi connectivity index (χ0) is 19.4. The van der Waals surface area contributed by atoms with Crippen molar-refractivity contribution in [3.63, 3.8) is 0 Å². The first-order valence-electron chi connectivity index (χ1n) is 8.66. The van der Waals surface area contributed by atoms with Gasteiger partial charge in [-0.2, -0.15) is 4.39 Å². The fraction of sp³-hybridized carbons (Fsp3) is 0.526. The van der Waals surface area contributed by atoms with Gasteiger partial charge in [-0.3, -0.25) is 0 Å². The maximum atomic E-state index is 12.5. The van der Waals surface area contributed by atoms with Gasteiger partial charge in [0.25, 0.3) is 0 Å². The highest BCUT2D eigenvalue weighted by Crippen LogP contribution is 2.34. The first-order chi connectivity index (χ1) is 12.4. The van der Waals surface area contributed by atoms with Crippen LogP contribution < -0.4 is 9.47 Å². The standard InChI is InChI=1S/C19H26Cl2FNO3/c1-4-15-12-16(24-11-8-18(21)22)13-17(20)19(15)25-9-6-5-7-10-26-23-14(2)3/h8,12-13H,4-7,9-11H2,1-3H3/b18-8-. The zero-order valence-electron chi connectivity index (χ0n) is 15.5. The highest BCUT2D eigenvalue weighted by molar-refractivity contribution is 6.32. The van der Waals surface area contributed by atoms with Gasteiger partial charge in [0, 0.05) is 12.1 Å². The third kappa shape index (κ3) is 9.30. The van der Waals surface area contributed by atoms with Gasteiger partial charge >= 0.3 is 0 Å². The lowest BCUT2D eigenvalue weighted by Crippen LogP contribution is -2.03. The number of oxime groups is 1. The molecule has 1 rings (SSSR count). The quantitative estimate of drug-likeness (QED) is 0.233. The second-order valence-electron chi connectivity index (χ2n) is 5.83. The fourth-order valence-corrected chi connectivity index (χ4v) is 2.47. The molecule has 1 aromatic carbocycles. The van der Waals surface area contributed by atoms with Crippen molar-refractivity contribution in [1.82, 2.24) is 0 Å². The predicted molar refractivity (Wildman–Crippen MR) is 105 cm³/mol. The Labute approximate surface area is 164 Å². The summed E-state index contributed by atoms with van der Waals surface area (Å²) >= 11 is 11.4. The lowest BCUT2D eigenvalue weighted by atomic mass is 10.1. The first-order valence-corrected chi connectivity index (χ1v) is 9.42. The van der Waals surface area contributed by atoms with Crippen LogP contribution in [0.4, 0.5) is 4.39 Å². The molecule has 0 aromatic heterocycles. The Balaban J connectivity index is 2.46. The van der Waals surface area contributed by atoms with Crippen molar-refractivity contribution in [2.45, 2.75) is 46.5 Å². The number of aryl methyl sites for hydroxylation is 1. The molecule has 0 bridgehead atoms. The van der Waals surface area contributed by atoms with Gasteiger partial charge in [0.05, 0.1) is 17.3 Å². The largest absolute Gasteiger partial charge is 0.492 e. The van der Waals surface area contributed by atoms with E-state index < -0.39 is 5.29 Å². The minimum absolute atomic E-state index is 0.0404. The van der Waals surface area contributed by atoms with E-state index in [0.717, 1.165) is 43.0 Å². The summed E-state index contributed by atoms with van der Waals surface area (Å²) in [4.78, 5) is 5.15. The number of hydrogen-bond acceptors (Lipinski definition) is 4. The van der Waals surface area contributed by atoms with Crippen molar-refractivity contribution in [2.24, 2.45) is 5.16 Å². The molecule has 0 aliphatic carbocycles. The molecule has 0 spiro atoms. The van der Waals surface area contributed by atoms with E-state index >= 15 is 0 Å². The third-order valence-electron chi connectivity index (χ3n) is 3.34. The van der Waals surface area contributed by atoms with Crippen LogP contribution in [0, 0.1) is 0 Å². The summed E-state index contributed by atoms with van der Waals surface area (Å²) in [7, 11) is 0. The van der Waals surface area contributed by atoms with Crippen molar-refractivity contribution < 1.29 is 18.7 Å². The molecular formula is C19H26Cl2FNO3. The minimum Gasteiger partial charge on any atom is -0.492 e. The molecule has 0 fully saturated rings. The number of benzene rings is 1. The van der Waals surface area contributed by atoms with Crippen molar-refractivity contribution in [3.8, 4) is 11.5 Å². The molecule has 0 saturated heterocycles. The summed E-state index contributed by atoms with van der Waals surface area (Å²) in [5, 5.41) is 3.57. The van der Waals surface area contributed by atoms with Crippen LogP contribution in [0.3, 0.4) is 0 Å². The van der Waals surface area contributed by atoms with Crippen LogP contribution >= 0.6 is 23.2 Å². The van der Waals surface area contributed by atoms with Crippen LogP contribution in [-0.4, -0.2) is 25.5 Å². The van der Waals surface area contributed by atoms with Crippen LogP contribution in [0.2, 0.25) is 5.02 Å². The van der Waals surface area contributed by atoms with Crippen LogP contribution in [0.15, 0.2) is 28.7 Å². The topological polar surface area (TPSA) is 40.0 Å². The molecule has 0 aliphatic rings. The van der Waals surface area contributed by atoms with Crippen LogP contribution in [-0.2, 0) is 11.3 Å². The number of unbranched alkanes of at least 4 members (excludes halogenated alkanes) is 2. The molecule has 0 saturated carbocycles. The summed E-state index contributed by atoms with van der Waals surface area (Å²) in [6.45, 7) is 7.02. The van der Waals surface area contributed by atoms with E-state index in [1.54, 1.807) is 6.07 Å². The lowest BCUT2D eigenvalue weighted by molar-refractivity contribution is 0.138. The first kappa shape index (κ1) is 22.6. The second-order valence-corrected chi connectivity index (χ2v) is 6.60. The summed E-state index contributed by atoms with van der Waals surface area (Å²) in [6.07, 6.45) is 4.69. The molecule has 0 heterocycles. The summed E-state index contributed by atoms with van der Waals surface area (Å²) in [6, 6.07) is 3.51. The second kappa shape index (κ2) is 12.8. The van der Waals surface area contributed by atoms with E-state index in [1.165, 1.54) is 0 Å². The minimum atomic E-state index is -0.797. The van der Waals surface area contributed by atoms with Gasteiger partial charge in [-0.1, -0.05) is 35.3 Å². The van der Waals surface area contributed by atoms with E-state index in [9.17, 15) is 4.39 Å². The number of hydrogen-bond donors (Lipinski definition) is 0. The summed E-state index contributed by atoms with van der Waals surface area (Å²) < 4.78 is 23.8. The average Bonchev–Trinajstić information content (AvgIpc) is 2.57. The van der Waals surface area contributed by atoms with E-state index in [-0.39, 0.29) is 6.61 Å². The number of halogens is 3. The molecule has 1 aromatic rings. The Hall–Kier alpha value is -1.46. The number of ether oxygens (including phenoxy) is 2. The Kier molecular flexibility index (Phi) is 11.1. The molecule has 0 radical (unpaired) electrons. The normalized spacial score (nSPS) is 11.2. The lowest BCUT2D eigenvalue weighted by Gasteiger charge is -2.14. The fourth-order valence-electron chi connectivity index (χ4n) is 2.13. The van der Waals surface area contributed by atoms with Crippen LogP contribution in [0.25, 0.3) is 0 Å². The molecule has 0 amide bonds. The monoisotopic (exact) mass is 405 g/mol. The van der Waals surface area contributed by atoms with Crippen LogP contribution in [0.1, 0.15) is 45.6 Å². The molecule has 0 aliphatic heterocycles. The van der Waals surface area contributed by atoms with E-state index in [1.807, 2.05) is 26.8 Å². The molecule has 0 unspecified atom stereocenters. The molecule has 146 valence electrons. The van der Waals surface area contributed by atoms with Crippen molar-refractivity contribution in [1.29, 1.82) is 0 Å². The third-order valence-corrected chi connectivity index (χ3v) is 3.77. The van der Waals surface area contributed by atoms with Gasteiger partial charge in [-0.15, -0.1) is 0 Å². The Morgan fingerprint density at radius 3 is 2.54 bits per heavy atom. The Morgan fingerprint density at radius 2 is 1.88 bits per heavy atom.